The Hall–Kier alpha value is -1.82. The number of ether oxygens (including phenoxy) is 1. The molecule has 18 heavy (non-hydrogen) atoms. The lowest BCUT2D eigenvalue weighted by molar-refractivity contribution is 0.0684. The molecule has 5 nitrogen and oxygen atoms in total. The van der Waals surface area contributed by atoms with Crippen LogP contribution in [0.25, 0.3) is 0 Å². The van der Waals surface area contributed by atoms with E-state index in [1.54, 1.807) is 7.11 Å². The van der Waals surface area contributed by atoms with Crippen molar-refractivity contribution in [3.8, 4) is 5.75 Å². The highest BCUT2D eigenvalue weighted by molar-refractivity contribution is 9.10. The van der Waals surface area contributed by atoms with E-state index in [2.05, 4.69) is 21.0 Å². The van der Waals surface area contributed by atoms with Gasteiger partial charge in [-0.25, -0.2) is 4.79 Å². The summed E-state index contributed by atoms with van der Waals surface area (Å²) in [5.41, 5.74) is 1.11. The fraction of sp³-hybridized carbons (Fsp3) is 0.167. The van der Waals surface area contributed by atoms with Gasteiger partial charge in [0, 0.05) is 6.20 Å². The van der Waals surface area contributed by atoms with Crippen LogP contribution < -0.4 is 4.74 Å². The summed E-state index contributed by atoms with van der Waals surface area (Å²) in [7, 11) is 1.59. The minimum absolute atomic E-state index is 0.168. The summed E-state index contributed by atoms with van der Waals surface area (Å²) in [5.74, 6) is -0.252. The molecule has 0 aliphatic rings. The first-order chi connectivity index (χ1) is 8.61. The first kappa shape index (κ1) is 12.6. The van der Waals surface area contributed by atoms with Crippen molar-refractivity contribution in [2.75, 3.05) is 7.11 Å². The first-order valence-corrected chi connectivity index (χ1v) is 5.98. The van der Waals surface area contributed by atoms with Gasteiger partial charge < -0.3 is 9.84 Å². The Kier molecular flexibility index (Phi) is 3.66. The molecule has 94 valence electrons. The van der Waals surface area contributed by atoms with Crippen LogP contribution in [-0.2, 0) is 6.54 Å². The molecule has 0 atom stereocenters. The summed E-state index contributed by atoms with van der Waals surface area (Å²) in [4.78, 5) is 11.0. The zero-order valence-electron chi connectivity index (χ0n) is 9.63. The number of aromatic nitrogens is 2. The monoisotopic (exact) mass is 310 g/mol. The summed E-state index contributed by atoms with van der Waals surface area (Å²) < 4.78 is 7.40. The number of hydrogen-bond acceptors (Lipinski definition) is 3. The summed E-state index contributed by atoms with van der Waals surface area (Å²) in [6.07, 6.45) is 1.47. The highest BCUT2D eigenvalue weighted by Gasteiger charge is 2.10. The second-order valence-corrected chi connectivity index (χ2v) is 4.50. The largest absolute Gasteiger partial charge is 0.496 e. The van der Waals surface area contributed by atoms with Gasteiger partial charge in [-0.3, -0.25) is 4.68 Å². The predicted molar refractivity (Wildman–Crippen MR) is 69.0 cm³/mol. The molecule has 2 aromatic rings. The Morgan fingerprint density at radius 1 is 1.50 bits per heavy atom. The van der Waals surface area contributed by atoms with E-state index in [1.165, 1.54) is 16.9 Å². The van der Waals surface area contributed by atoms with Crippen LogP contribution in [-0.4, -0.2) is 28.0 Å². The Morgan fingerprint density at radius 2 is 2.28 bits per heavy atom. The minimum atomic E-state index is -0.986. The van der Waals surface area contributed by atoms with Gasteiger partial charge in [0.25, 0.3) is 0 Å². The number of rotatable bonds is 4. The number of aromatic carboxylic acids is 1. The van der Waals surface area contributed by atoms with Gasteiger partial charge in [-0.05, 0) is 39.7 Å². The average Bonchev–Trinajstić information content (AvgIpc) is 2.77. The third-order valence-corrected chi connectivity index (χ3v) is 3.10. The van der Waals surface area contributed by atoms with Crippen molar-refractivity contribution in [3.05, 3.63) is 46.2 Å². The number of halogens is 1. The number of carboxylic acids is 1. The minimum Gasteiger partial charge on any atom is -0.496 e. The Labute approximate surface area is 112 Å². The van der Waals surface area contributed by atoms with E-state index in [0.717, 1.165) is 15.8 Å². The molecular weight excluding hydrogens is 300 g/mol. The third-order valence-electron chi connectivity index (χ3n) is 2.48. The van der Waals surface area contributed by atoms with Crippen molar-refractivity contribution in [3.63, 3.8) is 0 Å². The van der Waals surface area contributed by atoms with Crippen LogP contribution in [0.4, 0.5) is 0 Å². The van der Waals surface area contributed by atoms with Gasteiger partial charge in [0.05, 0.1) is 18.1 Å². The number of methoxy groups -OCH3 is 1. The zero-order chi connectivity index (χ0) is 13.1. The van der Waals surface area contributed by atoms with Gasteiger partial charge >= 0.3 is 5.97 Å². The standard InChI is InChI=1S/C12H11BrN2O3/c1-18-11-3-2-8(6-9(11)13)7-15-10(12(16)17)4-5-14-15/h2-6H,7H2,1H3,(H,16,17). The lowest BCUT2D eigenvalue weighted by Crippen LogP contribution is -2.10. The molecule has 0 bridgehead atoms. The molecule has 0 amide bonds. The summed E-state index contributed by atoms with van der Waals surface area (Å²) in [6.45, 7) is 0.400. The van der Waals surface area contributed by atoms with Crippen LogP contribution in [0, 0.1) is 0 Å². The summed E-state index contributed by atoms with van der Waals surface area (Å²) >= 11 is 3.39. The van der Waals surface area contributed by atoms with Crippen LogP contribution in [0.5, 0.6) is 5.75 Å². The van der Waals surface area contributed by atoms with Crippen molar-refractivity contribution in [2.24, 2.45) is 0 Å². The molecule has 2 rings (SSSR count). The number of carbonyl (C=O) groups is 1. The van der Waals surface area contributed by atoms with Crippen LogP contribution >= 0.6 is 15.9 Å². The van der Waals surface area contributed by atoms with E-state index < -0.39 is 5.97 Å². The number of carboxylic acid groups (broad SMARTS) is 1. The van der Waals surface area contributed by atoms with Gasteiger partial charge in [-0.1, -0.05) is 6.07 Å². The quantitative estimate of drug-likeness (QED) is 0.942. The maximum atomic E-state index is 11.0. The van der Waals surface area contributed by atoms with Gasteiger partial charge in [-0.2, -0.15) is 5.10 Å². The van der Waals surface area contributed by atoms with Crippen molar-refractivity contribution in [1.82, 2.24) is 9.78 Å². The fourth-order valence-corrected chi connectivity index (χ4v) is 2.21. The van der Waals surface area contributed by atoms with Crippen molar-refractivity contribution >= 4 is 21.9 Å². The first-order valence-electron chi connectivity index (χ1n) is 5.19. The van der Waals surface area contributed by atoms with Gasteiger partial charge in [0.1, 0.15) is 11.4 Å². The molecule has 1 aromatic heterocycles. The van der Waals surface area contributed by atoms with E-state index >= 15 is 0 Å². The Morgan fingerprint density at radius 3 is 2.89 bits per heavy atom. The maximum absolute atomic E-state index is 11.0. The molecular formula is C12H11BrN2O3. The molecule has 0 spiro atoms. The third kappa shape index (κ3) is 2.53. The van der Waals surface area contributed by atoms with E-state index in [4.69, 9.17) is 9.84 Å². The number of benzene rings is 1. The average molecular weight is 311 g/mol. The smallest absolute Gasteiger partial charge is 0.354 e. The summed E-state index contributed by atoms with van der Waals surface area (Å²) in [5, 5.41) is 13.0. The van der Waals surface area contributed by atoms with Crippen molar-refractivity contribution in [1.29, 1.82) is 0 Å². The topological polar surface area (TPSA) is 64.4 Å². The molecule has 0 aliphatic heterocycles. The van der Waals surface area contributed by atoms with Crippen molar-refractivity contribution in [2.45, 2.75) is 6.54 Å². The number of nitrogens with zero attached hydrogens (tertiary/aromatic N) is 2. The molecule has 0 aliphatic carbocycles. The summed E-state index contributed by atoms with van der Waals surface area (Å²) in [6, 6.07) is 7.05. The molecule has 6 heteroatoms. The van der Waals surface area contributed by atoms with Crippen LogP contribution in [0.2, 0.25) is 0 Å². The molecule has 1 heterocycles. The molecule has 1 N–H and O–H groups in total. The van der Waals surface area contributed by atoms with Crippen molar-refractivity contribution < 1.29 is 14.6 Å². The SMILES string of the molecule is COc1ccc(Cn2nccc2C(=O)O)cc1Br. The highest BCUT2D eigenvalue weighted by Crippen LogP contribution is 2.25. The van der Waals surface area contributed by atoms with Gasteiger partial charge in [0.15, 0.2) is 0 Å². The fourth-order valence-electron chi connectivity index (χ4n) is 1.62. The van der Waals surface area contributed by atoms with Crippen LogP contribution in [0.1, 0.15) is 16.1 Å². The Bertz CT molecular complexity index is 580. The van der Waals surface area contributed by atoms with E-state index in [0.29, 0.717) is 6.54 Å². The maximum Gasteiger partial charge on any atom is 0.354 e. The van der Waals surface area contributed by atoms with Gasteiger partial charge in [-0.15, -0.1) is 0 Å². The lowest BCUT2D eigenvalue weighted by atomic mass is 10.2. The molecule has 0 fully saturated rings. The predicted octanol–water partition coefficient (Wildman–Crippen LogP) is 2.40. The Balaban J connectivity index is 2.26. The normalized spacial score (nSPS) is 10.3. The second-order valence-electron chi connectivity index (χ2n) is 3.65. The van der Waals surface area contributed by atoms with E-state index in [9.17, 15) is 4.79 Å². The second kappa shape index (κ2) is 5.22. The van der Waals surface area contributed by atoms with Crippen LogP contribution in [0.15, 0.2) is 34.9 Å². The lowest BCUT2D eigenvalue weighted by Gasteiger charge is -2.08. The van der Waals surface area contributed by atoms with Crippen LogP contribution in [0.3, 0.4) is 0 Å². The zero-order valence-corrected chi connectivity index (χ0v) is 11.2. The van der Waals surface area contributed by atoms with E-state index in [1.807, 2.05) is 18.2 Å². The highest BCUT2D eigenvalue weighted by atomic mass is 79.9. The number of hydrogen-bond donors (Lipinski definition) is 1. The molecule has 0 unspecified atom stereocenters. The molecule has 1 aromatic carbocycles. The van der Waals surface area contributed by atoms with Gasteiger partial charge in [0.2, 0.25) is 0 Å². The molecule has 0 saturated heterocycles. The molecule has 0 saturated carbocycles. The molecule has 0 radical (unpaired) electrons. The van der Waals surface area contributed by atoms with E-state index in [-0.39, 0.29) is 5.69 Å².